The molecule has 104 valence electrons. The number of anilines is 1. The van der Waals surface area contributed by atoms with Crippen molar-refractivity contribution in [2.75, 3.05) is 5.32 Å². The van der Waals surface area contributed by atoms with E-state index in [1.807, 2.05) is 0 Å². The van der Waals surface area contributed by atoms with E-state index >= 15 is 0 Å². The van der Waals surface area contributed by atoms with Gasteiger partial charge in [-0.05, 0) is 37.9 Å². The molecule has 0 saturated carbocycles. The Bertz CT molecular complexity index is 815. The predicted octanol–water partition coefficient (Wildman–Crippen LogP) is 3.56. The maximum atomic E-state index is 12.7. The van der Waals surface area contributed by atoms with Gasteiger partial charge in [0.1, 0.15) is 0 Å². The van der Waals surface area contributed by atoms with Crippen molar-refractivity contribution in [3.05, 3.63) is 61.5 Å². The first-order chi connectivity index (χ1) is 10.1. The third-order valence-electron chi connectivity index (χ3n) is 3.30. The summed E-state index contributed by atoms with van der Waals surface area (Å²) in [6.45, 7) is 0. The number of fused-ring (bicyclic) bond motifs is 2. The minimum Gasteiger partial charge on any atom is -0.327 e. The topological polar surface area (TPSA) is 63.2 Å². The van der Waals surface area contributed by atoms with Crippen LogP contribution in [0.2, 0.25) is 0 Å². The number of nitrogens with one attached hydrogen (secondary N) is 1. The molecule has 1 aliphatic carbocycles. The molecule has 0 radical (unpaired) electrons. The minimum absolute atomic E-state index is 0.201. The lowest BCUT2D eigenvalue weighted by molar-refractivity contribution is -0.105. The highest BCUT2D eigenvalue weighted by Crippen LogP contribution is 2.40. The highest BCUT2D eigenvalue weighted by atomic mass is 79.9. The molecular weight excluding hydrogens is 402 g/mol. The van der Waals surface area contributed by atoms with Gasteiger partial charge >= 0.3 is 0 Å². The van der Waals surface area contributed by atoms with Crippen LogP contribution in [0.5, 0.6) is 0 Å². The second-order valence-electron chi connectivity index (χ2n) is 4.43. The Morgan fingerprint density at radius 2 is 1.48 bits per heavy atom. The van der Waals surface area contributed by atoms with E-state index in [9.17, 15) is 14.4 Å². The van der Waals surface area contributed by atoms with Crippen molar-refractivity contribution in [1.29, 1.82) is 0 Å². The van der Waals surface area contributed by atoms with Crippen molar-refractivity contribution in [2.24, 2.45) is 0 Å². The van der Waals surface area contributed by atoms with E-state index in [4.69, 9.17) is 0 Å². The second kappa shape index (κ2) is 5.20. The van der Waals surface area contributed by atoms with Crippen LogP contribution >= 0.6 is 31.9 Å². The summed E-state index contributed by atoms with van der Waals surface area (Å²) in [6, 6.07) is 8.29. The van der Waals surface area contributed by atoms with Gasteiger partial charge in [-0.1, -0.05) is 24.3 Å². The van der Waals surface area contributed by atoms with Gasteiger partial charge in [0, 0.05) is 20.1 Å². The van der Waals surface area contributed by atoms with E-state index in [1.54, 1.807) is 30.3 Å². The second-order valence-corrected chi connectivity index (χ2v) is 6.14. The lowest BCUT2D eigenvalue weighted by Gasteiger charge is -2.21. The summed E-state index contributed by atoms with van der Waals surface area (Å²) in [6.07, 6.45) is 0.479. The van der Waals surface area contributed by atoms with Gasteiger partial charge < -0.3 is 5.32 Å². The summed E-state index contributed by atoms with van der Waals surface area (Å²) in [7, 11) is 0. The molecule has 0 aliphatic heterocycles. The normalized spacial score (nSPS) is 12.7. The SMILES string of the molecule is O=CNc1c(Br)cc(Br)c2c1C(=O)c1ccccc1C2=O. The quantitative estimate of drug-likeness (QED) is 0.659. The molecule has 6 heteroatoms. The van der Waals surface area contributed by atoms with Crippen molar-refractivity contribution < 1.29 is 14.4 Å². The number of carbonyl (C=O) groups is 3. The monoisotopic (exact) mass is 407 g/mol. The van der Waals surface area contributed by atoms with Crippen molar-refractivity contribution in [3.63, 3.8) is 0 Å². The van der Waals surface area contributed by atoms with Crippen molar-refractivity contribution in [2.45, 2.75) is 0 Å². The van der Waals surface area contributed by atoms with E-state index in [0.29, 0.717) is 32.2 Å². The summed E-state index contributed by atoms with van der Waals surface area (Å²) >= 11 is 6.62. The van der Waals surface area contributed by atoms with E-state index in [0.717, 1.165) is 0 Å². The van der Waals surface area contributed by atoms with Crippen LogP contribution in [0.4, 0.5) is 5.69 Å². The molecule has 0 bridgehead atoms. The molecule has 4 nitrogen and oxygen atoms in total. The number of rotatable bonds is 2. The first kappa shape index (κ1) is 14.2. The lowest BCUT2D eigenvalue weighted by Crippen LogP contribution is -2.23. The fraction of sp³-hybridized carbons (Fsp3) is 0. The predicted molar refractivity (Wildman–Crippen MR) is 84.8 cm³/mol. The summed E-state index contributed by atoms with van der Waals surface area (Å²) < 4.78 is 1.04. The summed E-state index contributed by atoms with van der Waals surface area (Å²) in [4.78, 5) is 36.1. The zero-order valence-electron chi connectivity index (χ0n) is 10.4. The summed E-state index contributed by atoms with van der Waals surface area (Å²) in [5, 5.41) is 2.49. The number of benzene rings is 2. The molecule has 0 heterocycles. The molecule has 0 fully saturated rings. The van der Waals surface area contributed by atoms with Crippen LogP contribution < -0.4 is 5.32 Å². The average molecular weight is 409 g/mol. The van der Waals surface area contributed by atoms with E-state index in [-0.39, 0.29) is 22.7 Å². The summed E-state index contributed by atoms with van der Waals surface area (Å²) in [5.41, 5.74) is 1.48. The van der Waals surface area contributed by atoms with Crippen LogP contribution in [0.1, 0.15) is 31.8 Å². The third kappa shape index (κ3) is 2.06. The third-order valence-corrected chi connectivity index (χ3v) is 4.56. The average Bonchev–Trinajstić information content (AvgIpc) is 2.47. The number of carbonyl (C=O) groups excluding carboxylic acids is 3. The fourth-order valence-corrected chi connectivity index (χ4v) is 3.87. The zero-order valence-corrected chi connectivity index (χ0v) is 13.6. The van der Waals surface area contributed by atoms with Gasteiger partial charge in [0.25, 0.3) is 0 Å². The molecule has 0 saturated heterocycles. The molecule has 0 atom stereocenters. The van der Waals surface area contributed by atoms with Crippen LogP contribution in [-0.4, -0.2) is 18.0 Å². The van der Waals surface area contributed by atoms with Crippen LogP contribution in [-0.2, 0) is 4.79 Å². The Labute approximate surface area is 136 Å². The molecule has 2 aromatic carbocycles. The molecule has 2 aromatic rings. The lowest BCUT2D eigenvalue weighted by atomic mass is 9.83. The standard InChI is InChI=1S/C15H7Br2NO3/c16-9-5-10(17)13(18-6-19)12-11(9)14(20)7-3-1-2-4-8(7)15(12)21/h1-6H,(H,18,19). The smallest absolute Gasteiger partial charge is 0.211 e. The zero-order chi connectivity index (χ0) is 15.1. The van der Waals surface area contributed by atoms with Gasteiger partial charge in [-0.2, -0.15) is 0 Å². The highest BCUT2D eigenvalue weighted by molar-refractivity contribution is 9.11. The van der Waals surface area contributed by atoms with E-state index in [1.165, 1.54) is 0 Å². The van der Waals surface area contributed by atoms with E-state index in [2.05, 4.69) is 37.2 Å². The van der Waals surface area contributed by atoms with Crippen molar-refractivity contribution >= 4 is 55.5 Å². The van der Waals surface area contributed by atoms with Crippen LogP contribution in [0.3, 0.4) is 0 Å². The maximum Gasteiger partial charge on any atom is 0.211 e. The molecule has 0 spiro atoms. The minimum atomic E-state index is -0.286. The van der Waals surface area contributed by atoms with Gasteiger partial charge in [-0.25, -0.2) is 0 Å². The number of hydrogen-bond donors (Lipinski definition) is 1. The number of ketones is 2. The number of amides is 1. The van der Waals surface area contributed by atoms with Gasteiger partial charge in [-0.3, -0.25) is 14.4 Å². The summed E-state index contributed by atoms with van der Waals surface area (Å²) in [5.74, 6) is -0.528. The largest absolute Gasteiger partial charge is 0.327 e. The van der Waals surface area contributed by atoms with Crippen molar-refractivity contribution in [3.8, 4) is 0 Å². The Kier molecular flexibility index (Phi) is 3.51. The fourth-order valence-electron chi connectivity index (χ4n) is 2.42. The van der Waals surface area contributed by atoms with Gasteiger partial charge in [0.2, 0.25) is 6.41 Å². The van der Waals surface area contributed by atoms with Crippen LogP contribution in [0.15, 0.2) is 39.3 Å². The van der Waals surface area contributed by atoms with Gasteiger partial charge in [0.15, 0.2) is 11.6 Å². The molecule has 0 aromatic heterocycles. The Morgan fingerprint density at radius 3 is 2.05 bits per heavy atom. The number of halogens is 2. The van der Waals surface area contributed by atoms with E-state index < -0.39 is 0 Å². The first-order valence-electron chi connectivity index (χ1n) is 5.97. The maximum absolute atomic E-state index is 12.7. The molecule has 1 N–H and O–H groups in total. The van der Waals surface area contributed by atoms with Gasteiger partial charge in [-0.15, -0.1) is 0 Å². The Morgan fingerprint density at radius 1 is 0.905 bits per heavy atom. The first-order valence-corrected chi connectivity index (χ1v) is 7.55. The molecule has 1 amide bonds. The molecule has 3 rings (SSSR count). The molecular formula is C15H7Br2NO3. The Balaban J connectivity index is 2.39. The molecule has 21 heavy (non-hydrogen) atoms. The van der Waals surface area contributed by atoms with Crippen LogP contribution in [0.25, 0.3) is 0 Å². The molecule has 1 aliphatic rings. The highest BCUT2D eigenvalue weighted by Gasteiger charge is 2.34. The number of hydrogen-bond acceptors (Lipinski definition) is 3. The molecule has 0 unspecified atom stereocenters. The van der Waals surface area contributed by atoms with Gasteiger partial charge in [0.05, 0.1) is 16.8 Å². The van der Waals surface area contributed by atoms with Crippen LogP contribution in [0, 0.1) is 0 Å². The van der Waals surface area contributed by atoms with Crippen molar-refractivity contribution in [1.82, 2.24) is 0 Å². The Hall–Kier alpha value is -1.79.